The first kappa shape index (κ1) is 23.6. The van der Waals surface area contributed by atoms with Crippen LogP contribution < -0.4 is 9.47 Å². The lowest BCUT2D eigenvalue weighted by molar-refractivity contribution is 0.0697. The first-order valence-electron chi connectivity index (χ1n) is 9.44. The molecule has 11 heteroatoms. The molecule has 0 radical (unpaired) electrons. The lowest BCUT2D eigenvalue weighted by atomic mass is 10.1. The number of hydrogen-bond acceptors (Lipinski definition) is 6. The van der Waals surface area contributed by atoms with Gasteiger partial charge in [0, 0.05) is 36.8 Å². The number of nitrogens with zero attached hydrogens (tertiary/aromatic N) is 2. The second-order valence-corrected chi connectivity index (χ2v) is 9.46. The third kappa shape index (κ3) is 5.24. The van der Waals surface area contributed by atoms with Crippen molar-refractivity contribution in [2.75, 3.05) is 46.5 Å². The predicted molar refractivity (Wildman–Crippen MR) is 117 cm³/mol. The van der Waals surface area contributed by atoms with Gasteiger partial charge in [0.15, 0.2) is 11.5 Å². The fraction of sp³-hybridized carbons (Fsp3) is 0.350. The molecule has 1 aliphatic rings. The highest BCUT2D eigenvalue weighted by Gasteiger charge is 2.32. The molecule has 1 saturated heterocycles. The maximum atomic E-state index is 13.0. The van der Waals surface area contributed by atoms with Gasteiger partial charge in [0.1, 0.15) is 11.5 Å². The molecule has 0 aromatic heterocycles. The topological polar surface area (TPSA) is 96.4 Å². The molecule has 0 saturated carbocycles. The molecule has 8 nitrogen and oxygen atoms in total. The van der Waals surface area contributed by atoms with Crippen molar-refractivity contribution in [1.82, 2.24) is 9.21 Å². The Hall–Kier alpha value is -2.04. The Bertz CT molecular complexity index is 1060. The van der Waals surface area contributed by atoms with Crippen LogP contribution in [0.2, 0.25) is 10.0 Å². The van der Waals surface area contributed by atoms with E-state index in [4.69, 9.17) is 37.8 Å². The fourth-order valence-electron chi connectivity index (χ4n) is 3.21. The van der Waals surface area contributed by atoms with Gasteiger partial charge in [-0.25, -0.2) is 8.42 Å². The molecule has 1 fully saturated rings. The van der Waals surface area contributed by atoms with E-state index in [1.807, 2.05) is 0 Å². The Balaban J connectivity index is 1.72. The van der Waals surface area contributed by atoms with Crippen LogP contribution in [0.1, 0.15) is 10.4 Å². The summed E-state index contributed by atoms with van der Waals surface area (Å²) in [5, 5.41) is 9.34. The van der Waals surface area contributed by atoms with E-state index in [1.54, 1.807) is 23.1 Å². The lowest BCUT2D eigenvalue weighted by Gasteiger charge is -2.34. The fourth-order valence-corrected chi connectivity index (χ4v) is 5.37. The Morgan fingerprint density at radius 2 is 1.77 bits per heavy atom. The van der Waals surface area contributed by atoms with Crippen molar-refractivity contribution in [3.05, 3.63) is 52.0 Å². The first-order valence-corrected chi connectivity index (χ1v) is 11.6. The number of hydrogen-bond donors (Lipinski definition) is 1. The number of aliphatic hydroxyl groups is 1. The van der Waals surface area contributed by atoms with E-state index < -0.39 is 10.0 Å². The number of carbonyl (C=O) groups is 1. The van der Waals surface area contributed by atoms with Crippen LogP contribution in [-0.4, -0.2) is 75.1 Å². The van der Waals surface area contributed by atoms with Crippen molar-refractivity contribution in [2.24, 2.45) is 0 Å². The minimum atomic E-state index is -3.84. The molecule has 1 heterocycles. The van der Waals surface area contributed by atoms with Gasteiger partial charge in [-0.1, -0.05) is 23.2 Å². The predicted octanol–water partition coefficient (Wildman–Crippen LogP) is 2.52. The van der Waals surface area contributed by atoms with E-state index >= 15 is 0 Å². The smallest absolute Gasteiger partial charge is 0.254 e. The van der Waals surface area contributed by atoms with Crippen LogP contribution in [0.5, 0.6) is 11.5 Å². The number of rotatable bonds is 7. The molecule has 0 bridgehead atoms. The molecule has 168 valence electrons. The van der Waals surface area contributed by atoms with Gasteiger partial charge >= 0.3 is 0 Å². The number of carbonyl (C=O) groups excluding carboxylic acids is 1. The van der Waals surface area contributed by atoms with Crippen molar-refractivity contribution in [3.63, 3.8) is 0 Å². The average molecular weight is 489 g/mol. The zero-order chi connectivity index (χ0) is 22.6. The Morgan fingerprint density at radius 1 is 1.06 bits per heavy atom. The number of benzene rings is 2. The normalized spacial score (nSPS) is 15.0. The van der Waals surface area contributed by atoms with Crippen LogP contribution in [0.25, 0.3) is 0 Å². The van der Waals surface area contributed by atoms with Gasteiger partial charge in [-0.2, -0.15) is 4.31 Å². The number of piperazine rings is 1. The van der Waals surface area contributed by atoms with Crippen molar-refractivity contribution >= 4 is 39.1 Å². The maximum absolute atomic E-state index is 13.0. The van der Waals surface area contributed by atoms with Gasteiger partial charge in [0.2, 0.25) is 10.0 Å². The van der Waals surface area contributed by atoms with Gasteiger partial charge < -0.3 is 19.5 Å². The molecule has 0 aliphatic carbocycles. The zero-order valence-electron chi connectivity index (χ0n) is 16.8. The Morgan fingerprint density at radius 3 is 2.42 bits per heavy atom. The van der Waals surface area contributed by atoms with Crippen molar-refractivity contribution in [1.29, 1.82) is 0 Å². The molecular formula is C20H22Cl2N2O6S. The van der Waals surface area contributed by atoms with Gasteiger partial charge in [0.05, 0.1) is 18.7 Å². The first-order chi connectivity index (χ1) is 14.8. The Kier molecular flexibility index (Phi) is 7.66. The van der Waals surface area contributed by atoms with Crippen molar-refractivity contribution in [3.8, 4) is 11.5 Å². The summed E-state index contributed by atoms with van der Waals surface area (Å²) in [6.45, 7) is 0.580. The van der Waals surface area contributed by atoms with Crippen LogP contribution in [-0.2, 0) is 10.0 Å². The number of ether oxygens (including phenoxy) is 2. The lowest BCUT2D eigenvalue weighted by Crippen LogP contribution is -2.50. The number of aliphatic hydroxyl groups excluding tert-OH is 1. The largest absolute Gasteiger partial charge is 0.493 e. The van der Waals surface area contributed by atoms with E-state index in [9.17, 15) is 13.2 Å². The molecule has 2 aromatic rings. The molecule has 0 spiro atoms. The molecular weight excluding hydrogens is 467 g/mol. The van der Waals surface area contributed by atoms with Gasteiger partial charge in [0.25, 0.3) is 5.91 Å². The molecule has 3 rings (SSSR count). The van der Waals surface area contributed by atoms with Crippen LogP contribution in [0, 0.1) is 0 Å². The van der Waals surface area contributed by atoms with E-state index in [0.717, 1.165) is 0 Å². The van der Waals surface area contributed by atoms with Crippen LogP contribution >= 0.6 is 23.2 Å². The van der Waals surface area contributed by atoms with Crippen LogP contribution in [0.3, 0.4) is 0 Å². The van der Waals surface area contributed by atoms with Crippen molar-refractivity contribution in [2.45, 2.75) is 4.90 Å². The minimum Gasteiger partial charge on any atom is -0.493 e. The summed E-state index contributed by atoms with van der Waals surface area (Å²) in [6.07, 6.45) is 0. The number of halogens is 2. The van der Waals surface area contributed by atoms with Crippen LogP contribution in [0.15, 0.2) is 41.3 Å². The highest BCUT2D eigenvalue weighted by atomic mass is 35.5. The standard InChI is InChI=1S/C20H22Cl2N2O6S/c1-29-17-5-2-14(12-18(17)30-11-10-25)20(26)23-6-8-24(9-7-23)31(27,28)19-13-15(21)3-4-16(19)22/h2-5,12-13,25H,6-11H2,1H3. The van der Waals surface area contributed by atoms with E-state index in [-0.39, 0.29) is 60.2 Å². The summed E-state index contributed by atoms with van der Waals surface area (Å²) >= 11 is 12.0. The molecule has 1 aliphatic heterocycles. The summed E-state index contributed by atoms with van der Waals surface area (Å²) < 4.78 is 37.8. The third-order valence-corrected chi connectivity index (χ3v) is 7.41. The highest BCUT2D eigenvalue weighted by Crippen LogP contribution is 2.30. The Labute approximate surface area is 190 Å². The molecule has 1 amide bonds. The van der Waals surface area contributed by atoms with Crippen molar-refractivity contribution < 1.29 is 27.8 Å². The minimum absolute atomic E-state index is 0.0535. The SMILES string of the molecule is COc1ccc(C(=O)N2CCN(S(=O)(=O)c3cc(Cl)ccc3Cl)CC2)cc1OCCO. The van der Waals surface area contributed by atoms with Crippen LogP contribution in [0.4, 0.5) is 0 Å². The quantitative estimate of drug-likeness (QED) is 0.642. The molecule has 2 aromatic carbocycles. The van der Waals surface area contributed by atoms with E-state index in [0.29, 0.717) is 17.1 Å². The molecule has 0 unspecified atom stereocenters. The summed E-state index contributed by atoms with van der Waals surface area (Å²) in [4.78, 5) is 14.4. The van der Waals surface area contributed by atoms with E-state index in [2.05, 4.69) is 0 Å². The summed E-state index contributed by atoms with van der Waals surface area (Å²) in [5.41, 5.74) is 0.378. The van der Waals surface area contributed by atoms with Gasteiger partial charge in [-0.05, 0) is 36.4 Å². The summed E-state index contributed by atoms with van der Waals surface area (Å²) in [6, 6.07) is 9.06. The summed E-state index contributed by atoms with van der Waals surface area (Å²) in [5.74, 6) is 0.535. The second kappa shape index (κ2) is 10.1. The molecule has 0 atom stereocenters. The number of methoxy groups -OCH3 is 1. The third-order valence-electron chi connectivity index (χ3n) is 4.80. The molecule has 31 heavy (non-hydrogen) atoms. The maximum Gasteiger partial charge on any atom is 0.254 e. The highest BCUT2D eigenvalue weighted by molar-refractivity contribution is 7.89. The number of sulfonamides is 1. The second-order valence-electron chi connectivity index (χ2n) is 6.71. The monoisotopic (exact) mass is 488 g/mol. The summed E-state index contributed by atoms with van der Waals surface area (Å²) in [7, 11) is -2.36. The molecule has 1 N–H and O–H groups in total. The van der Waals surface area contributed by atoms with E-state index in [1.165, 1.54) is 29.6 Å². The number of amides is 1. The van der Waals surface area contributed by atoms with Gasteiger partial charge in [-0.15, -0.1) is 0 Å². The average Bonchev–Trinajstić information content (AvgIpc) is 2.78. The van der Waals surface area contributed by atoms with Gasteiger partial charge in [-0.3, -0.25) is 4.79 Å². The zero-order valence-corrected chi connectivity index (χ0v) is 19.1.